The number of methoxy groups -OCH3 is 1. The number of esters is 1. The standard InChI is InChI=1S/C34H52N6O8/c1-19(2)28(34(47)48-7)39-33(46)29(20(3)4)40-16-15-24(13-14-27(40)42)26(17-23-11-9-8-10-12-23)38-31(44)22(6)36-30(43)21(5)37-32(45)25(35)18-41/h8-13,19-22,25-26,28-29,41H,14-18,35H2,1-7H3,(H,36,43)(H,37,45)(H,38,44)(H,39,46)/t21-,22-,25-,26?,28-,29-/m0/s1. The predicted molar refractivity (Wildman–Crippen MR) is 179 cm³/mol. The number of hydrogen-bond acceptors (Lipinski definition) is 9. The van der Waals surface area contributed by atoms with Crippen molar-refractivity contribution in [2.24, 2.45) is 17.6 Å². The van der Waals surface area contributed by atoms with Gasteiger partial charge in [-0.2, -0.15) is 0 Å². The number of carbonyl (C=O) groups excluding carboxylic acids is 6. The van der Waals surface area contributed by atoms with E-state index in [1.165, 1.54) is 25.9 Å². The number of nitrogens with two attached hydrogens (primary N) is 1. The molecular weight excluding hydrogens is 620 g/mol. The highest BCUT2D eigenvalue weighted by Crippen LogP contribution is 2.23. The van der Waals surface area contributed by atoms with E-state index in [0.29, 0.717) is 12.8 Å². The van der Waals surface area contributed by atoms with E-state index in [9.17, 15) is 28.8 Å². The van der Waals surface area contributed by atoms with Crippen molar-refractivity contribution >= 4 is 35.5 Å². The average molecular weight is 673 g/mol. The Morgan fingerprint density at radius 1 is 0.854 bits per heavy atom. The Morgan fingerprint density at radius 2 is 1.44 bits per heavy atom. The van der Waals surface area contributed by atoms with E-state index in [0.717, 1.165) is 11.1 Å². The van der Waals surface area contributed by atoms with Gasteiger partial charge in [0.15, 0.2) is 0 Å². The summed E-state index contributed by atoms with van der Waals surface area (Å²) in [5.74, 6) is -3.58. The summed E-state index contributed by atoms with van der Waals surface area (Å²) < 4.78 is 4.87. The zero-order chi connectivity index (χ0) is 36.1. The zero-order valence-electron chi connectivity index (χ0n) is 28.9. The number of nitrogens with one attached hydrogen (secondary N) is 4. The molecule has 1 aliphatic rings. The van der Waals surface area contributed by atoms with Crippen molar-refractivity contribution in [3.63, 3.8) is 0 Å². The van der Waals surface area contributed by atoms with Crippen LogP contribution in [-0.2, 0) is 39.9 Å². The van der Waals surface area contributed by atoms with Gasteiger partial charge in [0.2, 0.25) is 29.5 Å². The SMILES string of the molecule is COC(=O)[C@@H](NC(=O)[C@H](C(C)C)N1CCC(C(Cc2ccccc2)NC(=O)[C@H](C)NC(=O)[C@H](C)NC(=O)[C@@H](N)CO)=CCC1=O)C(C)C. The maximum absolute atomic E-state index is 13.5. The molecule has 0 bridgehead atoms. The molecule has 1 aromatic rings. The molecule has 1 aliphatic heterocycles. The first kappa shape index (κ1) is 39.9. The lowest BCUT2D eigenvalue weighted by Gasteiger charge is -2.34. The summed E-state index contributed by atoms with van der Waals surface area (Å²) in [6.07, 6.45) is 2.54. The molecule has 6 atom stereocenters. The minimum Gasteiger partial charge on any atom is -0.467 e. The number of aliphatic hydroxyl groups excluding tert-OH is 1. The fourth-order valence-corrected chi connectivity index (χ4v) is 5.38. The van der Waals surface area contributed by atoms with Gasteiger partial charge in [0.25, 0.3) is 0 Å². The van der Waals surface area contributed by atoms with Crippen molar-refractivity contribution < 1.29 is 38.6 Å². The molecule has 5 amide bonds. The highest BCUT2D eigenvalue weighted by molar-refractivity contribution is 5.93. The first-order valence-electron chi connectivity index (χ1n) is 16.3. The monoisotopic (exact) mass is 672 g/mol. The van der Waals surface area contributed by atoms with E-state index >= 15 is 0 Å². The summed E-state index contributed by atoms with van der Waals surface area (Å²) in [6, 6.07) is 4.06. The molecule has 1 unspecified atom stereocenters. The van der Waals surface area contributed by atoms with Crippen LogP contribution >= 0.6 is 0 Å². The largest absolute Gasteiger partial charge is 0.467 e. The number of nitrogens with zero attached hydrogens (tertiary/aromatic N) is 1. The number of benzene rings is 1. The van der Waals surface area contributed by atoms with Crippen LogP contribution in [0.5, 0.6) is 0 Å². The van der Waals surface area contributed by atoms with E-state index in [-0.39, 0.29) is 30.7 Å². The Hall–Kier alpha value is -4.30. The Balaban J connectivity index is 2.24. The first-order valence-corrected chi connectivity index (χ1v) is 16.3. The number of carbonyl (C=O) groups is 6. The lowest BCUT2D eigenvalue weighted by Crippen LogP contribution is -2.56. The molecule has 7 N–H and O–H groups in total. The maximum Gasteiger partial charge on any atom is 0.328 e. The molecule has 0 radical (unpaired) electrons. The van der Waals surface area contributed by atoms with Crippen LogP contribution in [0, 0.1) is 11.8 Å². The van der Waals surface area contributed by atoms with Crippen molar-refractivity contribution in [2.75, 3.05) is 20.3 Å². The molecule has 0 aliphatic carbocycles. The van der Waals surface area contributed by atoms with E-state index in [4.69, 9.17) is 15.6 Å². The minimum absolute atomic E-state index is 0.00289. The summed E-state index contributed by atoms with van der Waals surface area (Å²) in [4.78, 5) is 79.0. The molecule has 0 aromatic heterocycles. The van der Waals surface area contributed by atoms with E-state index in [2.05, 4.69) is 21.3 Å². The summed E-state index contributed by atoms with van der Waals surface area (Å²) in [6.45, 7) is 9.81. The molecule has 48 heavy (non-hydrogen) atoms. The maximum atomic E-state index is 13.5. The summed E-state index contributed by atoms with van der Waals surface area (Å²) in [7, 11) is 1.26. The molecule has 0 spiro atoms. The fraction of sp³-hybridized carbons (Fsp3) is 0.588. The quantitative estimate of drug-likeness (QED) is 0.102. The second-order valence-electron chi connectivity index (χ2n) is 12.8. The summed E-state index contributed by atoms with van der Waals surface area (Å²) >= 11 is 0. The van der Waals surface area contributed by atoms with Gasteiger partial charge >= 0.3 is 5.97 Å². The normalized spacial score (nSPS) is 17.2. The number of amides is 5. The van der Waals surface area contributed by atoms with E-state index in [1.54, 1.807) is 19.9 Å². The van der Waals surface area contributed by atoms with E-state index in [1.807, 2.05) is 44.2 Å². The van der Waals surface area contributed by atoms with Crippen molar-refractivity contribution in [3.8, 4) is 0 Å². The second kappa shape index (κ2) is 18.9. The number of hydrogen-bond donors (Lipinski definition) is 6. The topological polar surface area (TPSA) is 209 Å². The van der Waals surface area contributed by atoms with Gasteiger partial charge in [0.1, 0.15) is 30.2 Å². The molecule has 2 rings (SSSR count). The van der Waals surface area contributed by atoms with Gasteiger partial charge in [-0.25, -0.2) is 4.79 Å². The Labute approximate surface area is 282 Å². The smallest absolute Gasteiger partial charge is 0.328 e. The molecule has 1 aromatic carbocycles. The third kappa shape index (κ3) is 11.4. The highest BCUT2D eigenvalue weighted by atomic mass is 16.5. The summed E-state index contributed by atoms with van der Waals surface area (Å²) in [5.41, 5.74) is 7.23. The lowest BCUT2D eigenvalue weighted by molar-refractivity contribution is -0.148. The van der Waals surface area contributed by atoms with Crippen LogP contribution in [0.25, 0.3) is 0 Å². The first-order chi connectivity index (χ1) is 22.6. The molecule has 266 valence electrons. The van der Waals surface area contributed by atoms with Crippen LogP contribution in [0.2, 0.25) is 0 Å². The number of rotatable bonds is 16. The van der Waals surface area contributed by atoms with Crippen LogP contribution in [-0.4, -0.2) is 102 Å². The van der Waals surface area contributed by atoms with Crippen LogP contribution in [0.3, 0.4) is 0 Å². The van der Waals surface area contributed by atoms with Crippen LogP contribution in [0.4, 0.5) is 0 Å². The van der Waals surface area contributed by atoms with Gasteiger partial charge in [-0.05, 0) is 49.7 Å². The molecule has 0 fully saturated rings. The van der Waals surface area contributed by atoms with Crippen molar-refractivity contribution in [2.45, 2.75) is 97.1 Å². The highest BCUT2D eigenvalue weighted by Gasteiger charge is 2.37. The van der Waals surface area contributed by atoms with Crippen LogP contribution in [0.1, 0.15) is 59.9 Å². The summed E-state index contributed by atoms with van der Waals surface area (Å²) in [5, 5.41) is 19.9. The third-order valence-electron chi connectivity index (χ3n) is 8.24. The molecule has 0 saturated heterocycles. The van der Waals surface area contributed by atoms with Gasteiger partial charge in [-0.15, -0.1) is 0 Å². The van der Waals surface area contributed by atoms with Crippen LogP contribution in [0.15, 0.2) is 42.0 Å². The number of aliphatic hydroxyl groups is 1. The molecular formula is C34H52N6O8. The third-order valence-corrected chi connectivity index (χ3v) is 8.24. The van der Waals surface area contributed by atoms with Gasteiger partial charge in [-0.1, -0.05) is 64.1 Å². The van der Waals surface area contributed by atoms with Gasteiger partial charge in [0.05, 0.1) is 19.8 Å². The fourth-order valence-electron chi connectivity index (χ4n) is 5.38. The number of ether oxygens (including phenoxy) is 1. The van der Waals surface area contributed by atoms with Crippen molar-refractivity contribution in [1.82, 2.24) is 26.2 Å². The molecule has 1 heterocycles. The molecule has 0 saturated carbocycles. The van der Waals surface area contributed by atoms with Gasteiger partial charge in [0, 0.05) is 13.0 Å². The molecule has 14 nitrogen and oxygen atoms in total. The Morgan fingerprint density at radius 3 is 1.98 bits per heavy atom. The average Bonchev–Trinajstić information content (AvgIpc) is 3.23. The minimum atomic E-state index is -1.18. The Kier molecular flexibility index (Phi) is 15.7. The van der Waals surface area contributed by atoms with Crippen molar-refractivity contribution in [1.29, 1.82) is 0 Å². The Bertz CT molecular complexity index is 1320. The van der Waals surface area contributed by atoms with E-state index < -0.39 is 72.5 Å². The van der Waals surface area contributed by atoms with Gasteiger partial charge in [-0.3, -0.25) is 24.0 Å². The zero-order valence-corrected chi connectivity index (χ0v) is 28.9. The second-order valence-corrected chi connectivity index (χ2v) is 12.8. The predicted octanol–water partition coefficient (Wildman–Crippen LogP) is -0.0699. The lowest BCUT2D eigenvalue weighted by atomic mass is 9.95. The van der Waals surface area contributed by atoms with Gasteiger partial charge < -0.3 is 41.7 Å². The van der Waals surface area contributed by atoms with Crippen molar-refractivity contribution in [3.05, 3.63) is 47.5 Å². The van der Waals surface area contributed by atoms with Crippen LogP contribution < -0.4 is 27.0 Å². The molecule has 14 heteroatoms.